The Kier molecular flexibility index (Phi) is 4.16. The van der Waals surface area contributed by atoms with Crippen LogP contribution in [0, 0.1) is 0 Å². The fourth-order valence-electron chi connectivity index (χ4n) is 1.91. The summed E-state index contributed by atoms with van der Waals surface area (Å²) in [5.74, 6) is 0. The van der Waals surface area contributed by atoms with Crippen LogP contribution in [0.3, 0.4) is 0 Å². The van der Waals surface area contributed by atoms with Crippen molar-refractivity contribution in [2.45, 2.75) is 39.0 Å². The van der Waals surface area contributed by atoms with Gasteiger partial charge in [-0.2, -0.15) is 0 Å². The highest BCUT2D eigenvalue weighted by Crippen LogP contribution is 2.10. The Bertz CT molecular complexity index is 142. The number of nitrogens with zero attached hydrogens (tertiary/aromatic N) is 1. The van der Waals surface area contributed by atoms with E-state index in [0.29, 0.717) is 18.2 Å². The van der Waals surface area contributed by atoms with Gasteiger partial charge in [0.1, 0.15) is 0 Å². The van der Waals surface area contributed by atoms with Gasteiger partial charge in [-0.3, -0.25) is 4.90 Å². The molecule has 0 spiro atoms. The number of morpholine rings is 1. The normalized spacial score (nSPS) is 33.2. The van der Waals surface area contributed by atoms with Crippen LogP contribution in [-0.4, -0.2) is 49.8 Å². The molecule has 1 heterocycles. The van der Waals surface area contributed by atoms with Crippen molar-refractivity contribution in [3.8, 4) is 0 Å². The van der Waals surface area contributed by atoms with Crippen molar-refractivity contribution in [2.75, 3.05) is 26.7 Å². The maximum atomic E-state index is 5.67. The molecule has 13 heavy (non-hydrogen) atoms. The molecule has 3 atom stereocenters. The van der Waals surface area contributed by atoms with Gasteiger partial charge in [-0.1, -0.05) is 0 Å². The lowest BCUT2D eigenvalue weighted by atomic mass is 10.2. The molecule has 0 saturated carbocycles. The summed E-state index contributed by atoms with van der Waals surface area (Å²) in [6.07, 6.45) is 0.764. The van der Waals surface area contributed by atoms with E-state index in [4.69, 9.17) is 4.74 Å². The van der Waals surface area contributed by atoms with E-state index in [9.17, 15) is 0 Å². The van der Waals surface area contributed by atoms with Crippen molar-refractivity contribution in [3.05, 3.63) is 0 Å². The molecule has 1 saturated heterocycles. The molecule has 0 aromatic heterocycles. The second-order valence-electron chi connectivity index (χ2n) is 4.17. The lowest BCUT2D eigenvalue weighted by Gasteiger charge is -2.36. The zero-order valence-corrected chi connectivity index (χ0v) is 9.21. The second-order valence-corrected chi connectivity index (χ2v) is 4.17. The zero-order chi connectivity index (χ0) is 9.84. The van der Waals surface area contributed by atoms with Crippen molar-refractivity contribution in [3.63, 3.8) is 0 Å². The van der Waals surface area contributed by atoms with Crippen LogP contribution >= 0.6 is 0 Å². The fourth-order valence-corrected chi connectivity index (χ4v) is 1.91. The number of nitrogens with one attached hydrogen (secondary N) is 1. The summed E-state index contributed by atoms with van der Waals surface area (Å²) in [6, 6.07) is 0.567. The molecule has 0 aromatic carbocycles. The summed E-state index contributed by atoms with van der Waals surface area (Å²) < 4.78 is 5.67. The highest BCUT2D eigenvalue weighted by molar-refractivity contribution is 4.75. The molecular weight excluding hydrogens is 164 g/mol. The van der Waals surface area contributed by atoms with Crippen molar-refractivity contribution >= 4 is 0 Å². The summed E-state index contributed by atoms with van der Waals surface area (Å²) in [4.78, 5) is 2.47. The number of hydrogen-bond acceptors (Lipinski definition) is 3. The van der Waals surface area contributed by atoms with Crippen LogP contribution in [0.4, 0.5) is 0 Å². The Hall–Kier alpha value is -0.120. The highest BCUT2D eigenvalue weighted by Gasteiger charge is 2.22. The van der Waals surface area contributed by atoms with Crippen molar-refractivity contribution in [1.82, 2.24) is 10.2 Å². The number of hydrogen-bond donors (Lipinski definition) is 1. The molecular formula is C10H22N2O. The Labute approximate surface area is 81.4 Å². The molecule has 1 aliphatic heterocycles. The lowest BCUT2D eigenvalue weighted by Crippen LogP contribution is -2.49. The first-order valence-corrected chi connectivity index (χ1v) is 5.17. The average molecular weight is 186 g/mol. The van der Waals surface area contributed by atoms with Crippen LogP contribution in [0.25, 0.3) is 0 Å². The molecule has 78 valence electrons. The van der Waals surface area contributed by atoms with E-state index in [1.807, 2.05) is 7.05 Å². The first kappa shape index (κ1) is 11.0. The standard InChI is InChI=1S/C10H22N2O/c1-8(11-4)5-12-6-9(2)13-10(3)7-12/h8-11H,5-7H2,1-4H3/t8?,9-,10+. The number of ether oxygens (including phenoxy) is 1. The van der Waals surface area contributed by atoms with E-state index < -0.39 is 0 Å². The first-order valence-electron chi connectivity index (χ1n) is 5.17. The van der Waals surface area contributed by atoms with E-state index >= 15 is 0 Å². The summed E-state index contributed by atoms with van der Waals surface area (Å²) in [5.41, 5.74) is 0. The van der Waals surface area contributed by atoms with Gasteiger partial charge < -0.3 is 10.1 Å². The van der Waals surface area contributed by atoms with E-state index in [1.54, 1.807) is 0 Å². The Morgan fingerprint density at radius 3 is 2.38 bits per heavy atom. The summed E-state index contributed by atoms with van der Waals surface area (Å²) in [5, 5.41) is 3.26. The van der Waals surface area contributed by atoms with Crippen molar-refractivity contribution in [1.29, 1.82) is 0 Å². The molecule has 0 amide bonds. The third-order valence-electron chi connectivity index (χ3n) is 2.52. The second kappa shape index (κ2) is 4.94. The van der Waals surface area contributed by atoms with Crippen molar-refractivity contribution in [2.24, 2.45) is 0 Å². The Morgan fingerprint density at radius 2 is 1.92 bits per heavy atom. The van der Waals surface area contributed by atoms with Crippen LogP contribution in [0.5, 0.6) is 0 Å². The summed E-state index contributed by atoms with van der Waals surface area (Å²) in [7, 11) is 2.01. The predicted octanol–water partition coefficient (Wildman–Crippen LogP) is 0.703. The molecule has 0 bridgehead atoms. The third kappa shape index (κ3) is 3.63. The van der Waals surface area contributed by atoms with E-state index in [0.717, 1.165) is 19.6 Å². The van der Waals surface area contributed by atoms with E-state index in [1.165, 1.54) is 0 Å². The van der Waals surface area contributed by atoms with E-state index in [2.05, 4.69) is 31.0 Å². The third-order valence-corrected chi connectivity index (χ3v) is 2.52. The number of rotatable bonds is 3. The van der Waals surface area contributed by atoms with Gasteiger partial charge in [0, 0.05) is 25.7 Å². The van der Waals surface area contributed by atoms with Gasteiger partial charge in [0.15, 0.2) is 0 Å². The molecule has 1 rings (SSSR count). The minimum atomic E-state index is 0.382. The van der Waals surface area contributed by atoms with Gasteiger partial charge in [0.2, 0.25) is 0 Å². The van der Waals surface area contributed by atoms with Crippen LogP contribution in [0.2, 0.25) is 0 Å². The topological polar surface area (TPSA) is 24.5 Å². The summed E-state index contributed by atoms with van der Waals surface area (Å²) >= 11 is 0. The molecule has 1 aliphatic rings. The van der Waals surface area contributed by atoms with Crippen molar-refractivity contribution < 1.29 is 4.74 Å². The highest BCUT2D eigenvalue weighted by atomic mass is 16.5. The average Bonchev–Trinajstić information content (AvgIpc) is 2.02. The van der Waals surface area contributed by atoms with Gasteiger partial charge in [-0.25, -0.2) is 0 Å². The maximum absolute atomic E-state index is 5.67. The first-order chi connectivity index (χ1) is 6.11. The zero-order valence-electron chi connectivity index (χ0n) is 9.21. The number of likely N-dealkylation sites (N-methyl/N-ethyl adjacent to an activating group) is 1. The van der Waals surface area contributed by atoms with Gasteiger partial charge in [0.05, 0.1) is 12.2 Å². The minimum Gasteiger partial charge on any atom is -0.373 e. The smallest absolute Gasteiger partial charge is 0.0678 e. The van der Waals surface area contributed by atoms with Crippen LogP contribution in [-0.2, 0) is 4.74 Å². The molecule has 3 heteroatoms. The van der Waals surface area contributed by atoms with Crippen LogP contribution < -0.4 is 5.32 Å². The van der Waals surface area contributed by atoms with Gasteiger partial charge in [0.25, 0.3) is 0 Å². The summed E-state index contributed by atoms with van der Waals surface area (Å²) in [6.45, 7) is 9.76. The van der Waals surface area contributed by atoms with Crippen LogP contribution in [0.15, 0.2) is 0 Å². The minimum absolute atomic E-state index is 0.382. The Morgan fingerprint density at radius 1 is 1.38 bits per heavy atom. The fraction of sp³-hybridized carbons (Fsp3) is 1.00. The molecule has 0 radical (unpaired) electrons. The molecule has 1 unspecified atom stereocenters. The quantitative estimate of drug-likeness (QED) is 0.702. The molecule has 0 aliphatic carbocycles. The van der Waals surface area contributed by atoms with Gasteiger partial charge in [-0.15, -0.1) is 0 Å². The maximum Gasteiger partial charge on any atom is 0.0678 e. The van der Waals surface area contributed by atoms with E-state index in [-0.39, 0.29) is 0 Å². The molecule has 3 nitrogen and oxygen atoms in total. The SMILES string of the molecule is CNC(C)CN1C[C@@H](C)O[C@@H](C)C1. The van der Waals surface area contributed by atoms with Gasteiger partial charge >= 0.3 is 0 Å². The monoisotopic (exact) mass is 186 g/mol. The van der Waals surface area contributed by atoms with Gasteiger partial charge in [-0.05, 0) is 27.8 Å². The molecule has 1 N–H and O–H groups in total. The Balaban J connectivity index is 2.32. The van der Waals surface area contributed by atoms with Crippen LogP contribution in [0.1, 0.15) is 20.8 Å². The molecule has 1 fully saturated rings. The largest absolute Gasteiger partial charge is 0.373 e. The predicted molar refractivity (Wildman–Crippen MR) is 55.0 cm³/mol. The lowest BCUT2D eigenvalue weighted by molar-refractivity contribution is -0.0693. The molecule has 0 aromatic rings.